The first-order valence-electron chi connectivity index (χ1n) is 8.32. The van der Waals surface area contributed by atoms with Gasteiger partial charge in [0.25, 0.3) is 0 Å². The zero-order valence-corrected chi connectivity index (χ0v) is 15.0. The van der Waals surface area contributed by atoms with E-state index >= 15 is 0 Å². The fraction of sp³-hybridized carbons (Fsp3) is 0.333. The lowest BCUT2D eigenvalue weighted by molar-refractivity contribution is -0.143. The molecule has 1 atom stereocenters. The van der Waals surface area contributed by atoms with E-state index in [0.29, 0.717) is 22.3 Å². The number of carbonyl (C=O) groups is 2. The number of carboxylic acid groups (broad SMARTS) is 1. The van der Waals surface area contributed by atoms with E-state index in [4.69, 9.17) is 9.37 Å². The zero-order valence-electron chi connectivity index (χ0n) is 15.0. The fourth-order valence-electron chi connectivity index (χ4n) is 3.19. The number of ether oxygens (including phenoxy) is 1. The number of aliphatic hydroxyl groups is 1. The molecule has 3 N–H and O–H groups in total. The predicted molar refractivity (Wildman–Crippen MR) is 93.4 cm³/mol. The molecule has 9 heteroatoms. The molecule has 1 aromatic carbocycles. The molecule has 0 radical (unpaired) electrons. The van der Waals surface area contributed by atoms with Crippen molar-refractivity contribution in [2.24, 2.45) is 0 Å². The topological polar surface area (TPSA) is 135 Å². The van der Waals surface area contributed by atoms with Crippen molar-refractivity contribution in [2.75, 3.05) is 6.61 Å². The van der Waals surface area contributed by atoms with Gasteiger partial charge in [0.05, 0.1) is 35.5 Å². The summed E-state index contributed by atoms with van der Waals surface area (Å²) in [5, 5.41) is 29.9. The van der Waals surface area contributed by atoms with Crippen molar-refractivity contribution >= 4 is 23.0 Å². The maximum absolute atomic E-state index is 12.8. The highest BCUT2D eigenvalue weighted by atomic mass is 16.6. The van der Waals surface area contributed by atoms with E-state index in [0.717, 1.165) is 0 Å². The SMILES string of the molecule is CC1=C(C(=O)OC(C)C)C(c2cccc3nonc23)C(C(=O)O)=C(CO)N1. The Kier molecular flexibility index (Phi) is 4.95. The van der Waals surface area contributed by atoms with Crippen LogP contribution in [0.4, 0.5) is 0 Å². The van der Waals surface area contributed by atoms with Gasteiger partial charge in [0.1, 0.15) is 11.0 Å². The highest BCUT2D eigenvalue weighted by Crippen LogP contribution is 2.40. The molecular weight excluding hydrogens is 354 g/mol. The van der Waals surface area contributed by atoms with Crippen LogP contribution in [0, 0.1) is 0 Å². The number of nitrogens with zero attached hydrogens (tertiary/aromatic N) is 2. The Labute approximate surface area is 154 Å². The highest BCUT2D eigenvalue weighted by molar-refractivity contribution is 6.00. The van der Waals surface area contributed by atoms with Crippen LogP contribution >= 0.6 is 0 Å². The number of rotatable bonds is 5. The molecule has 0 aliphatic carbocycles. The van der Waals surface area contributed by atoms with Crippen LogP contribution in [0.5, 0.6) is 0 Å². The number of nitrogens with one attached hydrogen (secondary N) is 1. The van der Waals surface area contributed by atoms with E-state index in [1.165, 1.54) is 0 Å². The molecule has 0 saturated carbocycles. The molecule has 0 fully saturated rings. The number of allylic oxidation sites excluding steroid dienone is 1. The van der Waals surface area contributed by atoms with E-state index in [2.05, 4.69) is 15.6 Å². The number of aliphatic carboxylic acids is 1. The van der Waals surface area contributed by atoms with Crippen molar-refractivity contribution in [3.05, 3.63) is 46.3 Å². The summed E-state index contributed by atoms with van der Waals surface area (Å²) >= 11 is 0. The molecule has 0 spiro atoms. The van der Waals surface area contributed by atoms with Crippen LogP contribution in [-0.2, 0) is 14.3 Å². The number of aromatic nitrogens is 2. The van der Waals surface area contributed by atoms with Gasteiger partial charge in [0.15, 0.2) is 0 Å². The maximum atomic E-state index is 12.8. The maximum Gasteiger partial charge on any atom is 0.337 e. The van der Waals surface area contributed by atoms with Crippen molar-refractivity contribution in [3.8, 4) is 0 Å². The number of dihydropyridines is 1. The average Bonchev–Trinajstić information content (AvgIpc) is 3.08. The first-order valence-corrected chi connectivity index (χ1v) is 8.32. The number of hydrogen-bond donors (Lipinski definition) is 3. The van der Waals surface area contributed by atoms with Gasteiger partial charge < -0.3 is 20.3 Å². The number of aliphatic hydroxyl groups excluding tert-OH is 1. The lowest BCUT2D eigenvalue weighted by atomic mass is 9.79. The quantitative estimate of drug-likeness (QED) is 0.666. The number of carboxylic acids is 1. The van der Waals surface area contributed by atoms with E-state index in [9.17, 15) is 19.8 Å². The summed E-state index contributed by atoms with van der Waals surface area (Å²) in [6.07, 6.45) is -0.389. The minimum absolute atomic E-state index is 0.0968. The number of esters is 1. The molecular formula is C18H19N3O6. The van der Waals surface area contributed by atoms with Crippen molar-refractivity contribution in [1.29, 1.82) is 0 Å². The van der Waals surface area contributed by atoms with Gasteiger partial charge in [-0.3, -0.25) is 0 Å². The second kappa shape index (κ2) is 7.20. The van der Waals surface area contributed by atoms with Gasteiger partial charge in [-0.15, -0.1) is 0 Å². The molecule has 2 aromatic rings. The van der Waals surface area contributed by atoms with Crippen molar-refractivity contribution in [3.63, 3.8) is 0 Å². The summed E-state index contributed by atoms with van der Waals surface area (Å²) in [6.45, 7) is 4.50. The first-order chi connectivity index (χ1) is 12.8. The van der Waals surface area contributed by atoms with Crippen LogP contribution in [0.2, 0.25) is 0 Å². The van der Waals surface area contributed by atoms with Gasteiger partial charge in [-0.2, -0.15) is 0 Å². The number of fused-ring (bicyclic) bond motifs is 1. The van der Waals surface area contributed by atoms with Crippen molar-refractivity contribution < 1.29 is 29.2 Å². The Morgan fingerprint density at radius 3 is 2.67 bits per heavy atom. The lowest BCUT2D eigenvalue weighted by Gasteiger charge is -2.30. The van der Waals surface area contributed by atoms with E-state index in [-0.39, 0.29) is 22.9 Å². The molecule has 27 heavy (non-hydrogen) atoms. The second-order valence-electron chi connectivity index (χ2n) is 6.39. The molecule has 0 amide bonds. The van der Waals surface area contributed by atoms with Gasteiger partial charge in [0, 0.05) is 5.70 Å². The molecule has 0 saturated heterocycles. The molecule has 0 bridgehead atoms. The Bertz CT molecular complexity index is 972. The number of carbonyl (C=O) groups excluding carboxylic acids is 1. The van der Waals surface area contributed by atoms with E-state index in [1.54, 1.807) is 39.0 Å². The highest BCUT2D eigenvalue weighted by Gasteiger charge is 2.39. The predicted octanol–water partition coefficient (Wildman–Crippen LogP) is 1.47. The summed E-state index contributed by atoms with van der Waals surface area (Å²) in [6, 6.07) is 4.98. The van der Waals surface area contributed by atoms with Crippen molar-refractivity contribution in [2.45, 2.75) is 32.8 Å². The number of benzene rings is 1. The van der Waals surface area contributed by atoms with Gasteiger partial charge in [-0.25, -0.2) is 14.2 Å². The van der Waals surface area contributed by atoms with Crippen LogP contribution in [0.3, 0.4) is 0 Å². The lowest BCUT2D eigenvalue weighted by Crippen LogP contribution is -2.34. The van der Waals surface area contributed by atoms with Crippen LogP contribution in [0.15, 0.2) is 45.4 Å². The third-order valence-corrected chi connectivity index (χ3v) is 4.22. The third-order valence-electron chi connectivity index (χ3n) is 4.22. The summed E-state index contributed by atoms with van der Waals surface area (Å²) in [5.74, 6) is -2.93. The molecule has 2 heterocycles. The standard InChI is InChI=1S/C18H19N3O6/c1-8(2)26-18(25)13-9(3)19-12(7-22)15(17(23)24)14(13)10-5-4-6-11-16(10)21-27-20-11/h4-6,8,14,19,22H,7H2,1-3H3,(H,23,24). The van der Waals surface area contributed by atoms with E-state index < -0.39 is 24.5 Å². The molecule has 1 aromatic heterocycles. The first kappa shape index (κ1) is 18.6. The number of hydrogen-bond acceptors (Lipinski definition) is 8. The smallest absolute Gasteiger partial charge is 0.337 e. The largest absolute Gasteiger partial charge is 0.478 e. The summed E-state index contributed by atoms with van der Waals surface area (Å²) in [7, 11) is 0. The van der Waals surface area contributed by atoms with Crippen LogP contribution in [-0.4, -0.2) is 45.2 Å². The Morgan fingerprint density at radius 1 is 1.30 bits per heavy atom. The van der Waals surface area contributed by atoms with Crippen LogP contribution in [0.1, 0.15) is 32.3 Å². The average molecular weight is 373 g/mol. The Morgan fingerprint density at radius 2 is 2.04 bits per heavy atom. The Balaban J connectivity index is 2.28. The van der Waals surface area contributed by atoms with Gasteiger partial charge in [-0.05, 0) is 42.7 Å². The molecule has 3 rings (SSSR count). The summed E-state index contributed by atoms with van der Waals surface area (Å²) < 4.78 is 10.1. The third kappa shape index (κ3) is 3.28. The van der Waals surface area contributed by atoms with Gasteiger partial charge in [-0.1, -0.05) is 12.1 Å². The molecule has 1 aliphatic rings. The van der Waals surface area contributed by atoms with Gasteiger partial charge in [0.2, 0.25) is 0 Å². The second-order valence-corrected chi connectivity index (χ2v) is 6.39. The van der Waals surface area contributed by atoms with Crippen LogP contribution in [0.25, 0.3) is 11.0 Å². The summed E-state index contributed by atoms with van der Waals surface area (Å²) in [5.41, 5.74) is 1.66. The zero-order chi connectivity index (χ0) is 19.7. The minimum Gasteiger partial charge on any atom is -0.478 e. The molecule has 1 aliphatic heterocycles. The van der Waals surface area contributed by atoms with Crippen LogP contribution < -0.4 is 5.32 Å². The summed E-state index contributed by atoms with van der Waals surface area (Å²) in [4.78, 5) is 24.8. The van der Waals surface area contributed by atoms with E-state index in [1.807, 2.05) is 0 Å². The molecule has 142 valence electrons. The molecule has 1 unspecified atom stereocenters. The minimum atomic E-state index is -1.27. The Hall–Kier alpha value is -3.20. The monoisotopic (exact) mass is 373 g/mol. The van der Waals surface area contributed by atoms with Gasteiger partial charge >= 0.3 is 11.9 Å². The normalized spacial score (nSPS) is 17.4. The molecule has 9 nitrogen and oxygen atoms in total. The van der Waals surface area contributed by atoms with Crippen molar-refractivity contribution in [1.82, 2.24) is 15.6 Å². The fourth-order valence-corrected chi connectivity index (χ4v) is 3.19.